The zero-order valence-corrected chi connectivity index (χ0v) is 10.3. The Balaban J connectivity index is 1.83. The number of rotatable bonds is 3. The molecule has 0 aliphatic carbocycles. The Bertz CT molecular complexity index is 690. The largest absolute Gasteiger partial charge is 0.486 e. The van der Waals surface area contributed by atoms with E-state index in [4.69, 9.17) is 16.3 Å². The summed E-state index contributed by atoms with van der Waals surface area (Å²) >= 11 is 6.12. The van der Waals surface area contributed by atoms with Gasteiger partial charge in [0.1, 0.15) is 18.1 Å². The lowest BCUT2D eigenvalue weighted by atomic mass is 10.2. The zero-order valence-electron chi connectivity index (χ0n) is 9.59. The molecular weight excluding hydrogens is 254 g/mol. The number of hydrogen-bond acceptors (Lipinski definition) is 4. The maximum Gasteiger partial charge on any atom is 0.140 e. The van der Waals surface area contributed by atoms with Gasteiger partial charge < -0.3 is 4.74 Å². The van der Waals surface area contributed by atoms with Crippen molar-refractivity contribution in [2.24, 2.45) is 7.05 Å². The second kappa shape index (κ2) is 4.30. The lowest BCUT2D eigenvalue weighted by Gasteiger charge is -2.06. The fourth-order valence-electron chi connectivity index (χ4n) is 1.67. The Morgan fingerprint density at radius 3 is 3.11 bits per heavy atom. The van der Waals surface area contributed by atoms with Crippen molar-refractivity contribution in [3.8, 4) is 5.75 Å². The third kappa shape index (κ3) is 2.02. The van der Waals surface area contributed by atoms with Gasteiger partial charge in [-0.05, 0) is 6.07 Å². The fourth-order valence-corrected chi connectivity index (χ4v) is 1.89. The van der Waals surface area contributed by atoms with E-state index in [1.807, 2.05) is 12.1 Å². The molecule has 0 bridgehead atoms. The highest BCUT2D eigenvalue weighted by molar-refractivity contribution is 6.32. The number of aryl methyl sites for hydroxylation is 1. The van der Waals surface area contributed by atoms with E-state index in [2.05, 4.69) is 20.5 Å². The van der Waals surface area contributed by atoms with Gasteiger partial charge in [-0.3, -0.25) is 9.78 Å². The van der Waals surface area contributed by atoms with Gasteiger partial charge in [0.15, 0.2) is 0 Å². The van der Waals surface area contributed by atoms with Crippen LogP contribution in [0, 0.1) is 0 Å². The van der Waals surface area contributed by atoms with Crippen molar-refractivity contribution < 1.29 is 4.74 Å². The van der Waals surface area contributed by atoms with Crippen LogP contribution in [0.15, 0.2) is 24.5 Å². The van der Waals surface area contributed by atoms with Crippen LogP contribution in [0.3, 0.4) is 0 Å². The molecule has 0 atom stereocenters. The molecule has 1 N–H and O–H groups in total. The van der Waals surface area contributed by atoms with Crippen LogP contribution in [-0.4, -0.2) is 25.2 Å². The minimum atomic E-state index is 0.327. The predicted octanol–water partition coefficient (Wildman–Crippen LogP) is 1.92. The first kappa shape index (κ1) is 11.0. The second-order valence-electron chi connectivity index (χ2n) is 3.91. The molecule has 3 rings (SSSR count). The number of nitrogens with zero attached hydrogens (tertiary/aromatic N) is 4. The highest BCUT2D eigenvalue weighted by Gasteiger charge is 2.07. The first-order valence-electron chi connectivity index (χ1n) is 5.33. The first-order chi connectivity index (χ1) is 8.72. The van der Waals surface area contributed by atoms with E-state index in [0.29, 0.717) is 17.4 Å². The summed E-state index contributed by atoms with van der Waals surface area (Å²) < 4.78 is 7.24. The lowest BCUT2D eigenvalue weighted by molar-refractivity contribution is 0.301. The predicted molar refractivity (Wildman–Crippen MR) is 66.4 cm³/mol. The van der Waals surface area contributed by atoms with E-state index in [1.165, 1.54) is 0 Å². The summed E-state index contributed by atoms with van der Waals surface area (Å²) in [6.07, 6.45) is 3.51. The smallest absolute Gasteiger partial charge is 0.140 e. The van der Waals surface area contributed by atoms with E-state index in [1.54, 1.807) is 24.1 Å². The average molecular weight is 264 g/mol. The summed E-state index contributed by atoms with van der Waals surface area (Å²) in [5.74, 6) is 0.596. The molecule has 0 saturated heterocycles. The summed E-state index contributed by atoms with van der Waals surface area (Å²) in [5, 5.41) is 16.1. The number of H-pyrrole nitrogens is 1. The molecule has 0 amide bonds. The zero-order chi connectivity index (χ0) is 12.5. The fraction of sp³-hybridized carbons (Fsp3) is 0.182. The SMILES string of the molecule is Cn1cc(COc2cc3[nH]ncc3cc2Cl)nn1. The van der Waals surface area contributed by atoms with E-state index in [-0.39, 0.29) is 0 Å². The maximum absolute atomic E-state index is 6.12. The molecule has 0 unspecified atom stereocenters. The van der Waals surface area contributed by atoms with Gasteiger partial charge in [-0.1, -0.05) is 16.8 Å². The van der Waals surface area contributed by atoms with Gasteiger partial charge in [-0.15, -0.1) is 5.10 Å². The molecule has 6 nitrogen and oxygen atoms in total. The normalized spacial score (nSPS) is 11.0. The molecule has 0 radical (unpaired) electrons. The van der Waals surface area contributed by atoms with Crippen LogP contribution in [0.2, 0.25) is 5.02 Å². The van der Waals surface area contributed by atoms with Gasteiger partial charge in [-0.25, -0.2) is 0 Å². The molecule has 2 heterocycles. The number of benzene rings is 1. The highest BCUT2D eigenvalue weighted by Crippen LogP contribution is 2.29. The number of nitrogens with one attached hydrogen (secondary N) is 1. The molecule has 0 saturated carbocycles. The van der Waals surface area contributed by atoms with Gasteiger partial charge in [0, 0.05) is 18.5 Å². The minimum absolute atomic E-state index is 0.327. The van der Waals surface area contributed by atoms with E-state index in [0.717, 1.165) is 16.6 Å². The summed E-state index contributed by atoms with van der Waals surface area (Å²) in [5.41, 5.74) is 1.63. The van der Waals surface area contributed by atoms with Gasteiger partial charge >= 0.3 is 0 Å². The Morgan fingerprint density at radius 2 is 2.33 bits per heavy atom. The van der Waals surface area contributed by atoms with Gasteiger partial charge in [0.25, 0.3) is 0 Å². The van der Waals surface area contributed by atoms with Crippen molar-refractivity contribution in [1.82, 2.24) is 25.2 Å². The molecule has 18 heavy (non-hydrogen) atoms. The standard InChI is InChI=1S/C11H10ClN5O/c1-17-5-8(14-16-17)6-18-11-3-10-7(2-9(11)12)4-13-15-10/h2-5H,6H2,1H3,(H,13,15). The molecule has 0 aliphatic heterocycles. The number of aromatic nitrogens is 5. The molecule has 2 aromatic heterocycles. The Labute approximate surface area is 108 Å². The van der Waals surface area contributed by atoms with Crippen molar-refractivity contribution in [3.63, 3.8) is 0 Å². The Hall–Kier alpha value is -2.08. The van der Waals surface area contributed by atoms with Crippen molar-refractivity contribution in [2.45, 2.75) is 6.61 Å². The molecule has 0 aliphatic rings. The molecule has 7 heteroatoms. The number of hydrogen-bond donors (Lipinski definition) is 1. The third-order valence-corrected chi connectivity index (χ3v) is 2.81. The number of halogens is 1. The highest BCUT2D eigenvalue weighted by atomic mass is 35.5. The van der Waals surface area contributed by atoms with Gasteiger partial charge in [0.05, 0.1) is 22.9 Å². The molecule has 0 fully saturated rings. The van der Waals surface area contributed by atoms with E-state index < -0.39 is 0 Å². The summed E-state index contributed by atoms with van der Waals surface area (Å²) in [4.78, 5) is 0. The van der Waals surface area contributed by atoms with Gasteiger partial charge in [0.2, 0.25) is 0 Å². The Kier molecular flexibility index (Phi) is 2.64. The quantitative estimate of drug-likeness (QED) is 0.784. The van der Waals surface area contributed by atoms with Crippen LogP contribution in [0.1, 0.15) is 5.69 Å². The number of fused-ring (bicyclic) bond motifs is 1. The second-order valence-corrected chi connectivity index (χ2v) is 4.32. The van der Waals surface area contributed by atoms with Crippen LogP contribution >= 0.6 is 11.6 Å². The van der Waals surface area contributed by atoms with Crippen LogP contribution in [0.4, 0.5) is 0 Å². The van der Waals surface area contributed by atoms with Crippen molar-refractivity contribution in [1.29, 1.82) is 0 Å². The average Bonchev–Trinajstić information content (AvgIpc) is 2.94. The van der Waals surface area contributed by atoms with Crippen molar-refractivity contribution in [2.75, 3.05) is 0 Å². The van der Waals surface area contributed by atoms with Crippen LogP contribution in [0.5, 0.6) is 5.75 Å². The summed E-state index contributed by atoms with van der Waals surface area (Å²) in [6, 6.07) is 3.63. The summed E-state index contributed by atoms with van der Waals surface area (Å²) in [7, 11) is 1.81. The number of ether oxygens (including phenoxy) is 1. The maximum atomic E-state index is 6.12. The van der Waals surface area contributed by atoms with E-state index >= 15 is 0 Å². The topological polar surface area (TPSA) is 68.6 Å². The van der Waals surface area contributed by atoms with Crippen LogP contribution in [0.25, 0.3) is 10.9 Å². The van der Waals surface area contributed by atoms with Gasteiger partial charge in [-0.2, -0.15) is 5.10 Å². The molecule has 3 aromatic rings. The van der Waals surface area contributed by atoms with Crippen molar-refractivity contribution >= 4 is 22.5 Å². The number of aromatic amines is 1. The molecule has 1 aromatic carbocycles. The lowest BCUT2D eigenvalue weighted by Crippen LogP contribution is -1.96. The van der Waals surface area contributed by atoms with Crippen molar-refractivity contribution in [3.05, 3.63) is 35.2 Å². The van der Waals surface area contributed by atoms with Crippen LogP contribution < -0.4 is 4.74 Å². The first-order valence-corrected chi connectivity index (χ1v) is 5.71. The summed E-state index contributed by atoms with van der Waals surface area (Å²) in [6.45, 7) is 0.327. The monoisotopic (exact) mass is 263 g/mol. The molecule has 92 valence electrons. The minimum Gasteiger partial charge on any atom is -0.486 e. The van der Waals surface area contributed by atoms with E-state index in [9.17, 15) is 0 Å². The third-order valence-electron chi connectivity index (χ3n) is 2.52. The Morgan fingerprint density at radius 1 is 1.44 bits per heavy atom. The molecule has 0 spiro atoms. The van der Waals surface area contributed by atoms with Crippen LogP contribution in [-0.2, 0) is 13.7 Å². The molecular formula is C11H10ClN5O.